The third-order valence-electron chi connectivity index (χ3n) is 1.60. The van der Waals surface area contributed by atoms with Crippen molar-refractivity contribution in [3.63, 3.8) is 0 Å². The van der Waals surface area contributed by atoms with Gasteiger partial charge in [0.2, 0.25) is 0 Å². The molecule has 3 heteroatoms. The maximum Gasteiger partial charge on any atom is 0.131 e. The lowest BCUT2D eigenvalue weighted by Crippen LogP contribution is -2.03. The summed E-state index contributed by atoms with van der Waals surface area (Å²) in [4.78, 5) is 10.0. The minimum Gasteiger partial charge on any atom is -0.302 e. The van der Waals surface area contributed by atoms with Gasteiger partial charge in [0.1, 0.15) is 6.29 Å². The highest BCUT2D eigenvalue weighted by Gasteiger charge is 1.97. The zero-order valence-corrected chi connectivity index (χ0v) is 8.53. The molecule has 0 aliphatic heterocycles. The predicted molar refractivity (Wildman–Crippen MR) is 54.6 cm³/mol. The Morgan fingerprint density at radius 1 is 1.64 bits per heavy atom. The van der Waals surface area contributed by atoms with Gasteiger partial charge in [-0.2, -0.15) is 5.10 Å². The average Bonchev–Trinajstić information content (AvgIpc) is 2.52. The van der Waals surface area contributed by atoms with Gasteiger partial charge in [0.05, 0.1) is 18.2 Å². The van der Waals surface area contributed by atoms with Crippen LogP contribution in [0.15, 0.2) is 12.4 Å². The van der Waals surface area contributed by atoms with E-state index in [4.69, 9.17) is 0 Å². The highest BCUT2D eigenvalue weighted by atomic mass is 16.1. The summed E-state index contributed by atoms with van der Waals surface area (Å²) in [5.74, 6) is 6.20. The first-order valence-electron chi connectivity index (χ1n) is 4.67. The Balaban J connectivity index is 2.60. The molecule has 0 atom stereocenters. The number of carbonyl (C=O) groups excluding carboxylic acids is 1. The van der Waals surface area contributed by atoms with Crippen molar-refractivity contribution >= 4 is 6.29 Å². The molecule has 0 radical (unpaired) electrons. The summed E-state index contributed by atoms with van der Waals surface area (Å²) in [5, 5.41) is 4.16. The van der Waals surface area contributed by atoms with Gasteiger partial charge in [0.15, 0.2) is 0 Å². The van der Waals surface area contributed by atoms with E-state index in [1.807, 2.05) is 10.9 Å². The summed E-state index contributed by atoms with van der Waals surface area (Å²) in [7, 11) is 0. The van der Waals surface area contributed by atoms with Crippen LogP contribution >= 0.6 is 0 Å². The second kappa shape index (κ2) is 5.23. The van der Waals surface area contributed by atoms with Crippen molar-refractivity contribution in [1.29, 1.82) is 0 Å². The van der Waals surface area contributed by atoms with Crippen LogP contribution in [-0.2, 0) is 11.3 Å². The van der Waals surface area contributed by atoms with E-state index in [1.165, 1.54) is 0 Å². The number of rotatable bonds is 3. The van der Waals surface area contributed by atoms with E-state index >= 15 is 0 Å². The third-order valence-corrected chi connectivity index (χ3v) is 1.60. The van der Waals surface area contributed by atoms with Crippen LogP contribution in [0.3, 0.4) is 0 Å². The molecule has 0 amide bonds. The van der Waals surface area contributed by atoms with Crippen LogP contribution in [0, 0.1) is 17.8 Å². The first kappa shape index (κ1) is 10.5. The third kappa shape index (κ3) is 3.44. The SMILES string of the molecule is CC(C)Cn1cc(C#CCC=O)cn1. The zero-order chi connectivity index (χ0) is 10.4. The van der Waals surface area contributed by atoms with Gasteiger partial charge >= 0.3 is 0 Å². The van der Waals surface area contributed by atoms with E-state index in [0.717, 1.165) is 18.4 Å². The molecule has 1 aromatic heterocycles. The number of carbonyl (C=O) groups is 1. The van der Waals surface area contributed by atoms with Crippen LogP contribution in [0.1, 0.15) is 25.8 Å². The molecule has 1 aromatic rings. The van der Waals surface area contributed by atoms with E-state index in [0.29, 0.717) is 5.92 Å². The molecular weight excluding hydrogens is 176 g/mol. The number of aldehydes is 1. The van der Waals surface area contributed by atoms with Crippen LogP contribution in [0.2, 0.25) is 0 Å². The molecule has 0 fully saturated rings. The predicted octanol–water partition coefficient (Wildman–Crippen LogP) is 1.48. The highest BCUT2D eigenvalue weighted by molar-refractivity contribution is 5.54. The van der Waals surface area contributed by atoms with Crippen molar-refractivity contribution in [2.45, 2.75) is 26.8 Å². The summed E-state index contributed by atoms with van der Waals surface area (Å²) in [6, 6.07) is 0. The zero-order valence-electron chi connectivity index (χ0n) is 8.53. The van der Waals surface area contributed by atoms with Crippen molar-refractivity contribution in [3.8, 4) is 11.8 Å². The highest BCUT2D eigenvalue weighted by Crippen LogP contribution is 2.00. The van der Waals surface area contributed by atoms with Gasteiger partial charge < -0.3 is 4.79 Å². The van der Waals surface area contributed by atoms with Crippen molar-refractivity contribution in [3.05, 3.63) is 18.0 Å². The lowest BCUT2D eigenvalue weighted by Gasteiger charge is -2.02. The van der Waals surface area contributed by atoms with Crippen LogP contribution in [0.4, 0.5) is 0 Å². The molecular formula is C11H14N2O. The van der Waals surface area contributed by atoms with Crippen LogP contribution in [0.5, 0.6) is 0 Å². The molecule has 0 aromatic carbocycles. The van der Waals surface area contributed by atoms with E-state index in [-0.39, 0.29) is 6.42 Å². The quantitative estimate of drug-likeness (QED) is 0.534. The maximum absolute atomic E-state index is 10.0. The summed E-state index contributed by atoms with van der Waals surface area (Å²) in [6.07, 6.45) is 4.71. The fourth-order valence-corrected chi connectivity index (χ4v) is 1.10. The van der Waals surface area contributed by atoms with Gasteiger partial charge in [-0.3, -0.25) is 4.68 Å². The minimum atomic E-state index is 0.287. The van der Waals surface area contributed by atoms with Gasteiger partial charge in [-0.15, -0.1) is 0 Å². The summed E-state index contributed by atoms with van der Waals surface area (Å²) < 4.78 is 1.87. The van der Waals surface area contributed by atoms with E-state index < -0.39 is 0 Å². The Hall–Kier alpha value is -1.56. The van der Waals surface area contributed by atoms with Gasteiger partial charge in [-0.1, -0.05) is 25.7 Å². The van der Waals surface area contributed by atoms with Gasteiger partial charge in [-0.25, -0.2) is 0 Å². The molecule has 1 rings (SSSR count). The summed E-state index contributed by atoms with van der Waals surface area (Å²) >= 11 is 0. The number of hydrogen-bond donors (Lipinski definition) is 0. The maximum atomic E-state index is 10.0. The Kier molecular flexibility index (Phi) is 3.93. The Morgan fingerprint density at radius 3 is 3.07 bits per heavy atom. The number of aromatic nitrogens is 2. The second-order valence-electron chi connectivity index (χ2n) is 3.52. The molecule has 0 spiro atoms. The molecule has 0 unspecified atom stereocenters. The molecule has 0 saturated carbocycles. The van der Waals surface area contributed by atoms with Crippen LogP contribution < -0.4 is 0 Å². The van der Waals surface area contributed by atoms with Crippen LogP contribution in [0.25, 0.3) is 0 Å². The fourth-order valence-electron chi connectivity index (χ4n) is 1.10. The monoisotopic (exact) mass is 190 g/mol. The van der Waals surface area contributed by atoms with Crippen molar-refractivity contribution in [2.75, 3.05) is 0 Å². The Labute approximate surface area is 84.1 Å². The average molecular weight is 190 g/mol. The summed E-state index contributed by atoms with van der Waals surface area (Å²) in [6.45, 7) is 5.17. The molecule has 0 bridgehead atoms. The lowest BCUT2D eigenvalue weighted by molar-refractivity contribution is -0.107. The van der Waals surface area contributed by atoms with Gasteiger partial charge in [0.25, 0.3) is 0 Å². The van der Waals surface area contributed by atoms with Crippen molar-refractivity contribution in [2.24, 2.45) is 5.92 Å². The largest absolute Gasteiger partial charge is 0.302 e. The minimum absolute atomic E-state index is 0.287. The molecule has 0 N–H and O–H groups in total. The smallest absolute Gasteiger partial charge is 0.131 e. The standard InChI is InChI=1S/C11H14N2O/c1-10(2)8-13-9-11(7-12-13)5-3-4-6-14/h6-7,9-10H,4,8H2,1-2H3. The topological polar surface area (TPSA) is 34.9 Å². The summed E-state index contributed by atoms with van der Waals surface area (Å²) in [5.41, 5.74) is 0.868. The normalized spacial score (nSPS) is 9.64. The molecule has 3 nitrogen and oxygen atoms in total. The molecule has 1 heterocycles. The van der Waals surface area contributed by atoms with E-state index in [2.05, 4.69) is 30.8 Å². The van der Waals surface area contributed by atoms with Crippen LogP contribution in [-0.4, -0.2) is 16.1 Å². The van der Waals surface area contributed by atoms with E-state index in [9.17, 15) is 4.79 Å². The first-order chi connectivity index (χ1) is 6.72. The molecule has 0 saturated heterocycles. The second-order valence-corrected chi connectivity index (χ2v) is 3.52. The number of hydrogen-bond acceptors (Lipinski definition) is 2. The molecule has 14 heavy (non-hydrogen) atoms. The Bertz CT molecular complexity index is 355. The van der Waals surface area contributed by atoms with Crippen molar-refractivity contribution < 1.29 is 4.79 Å². The van der Waals surface area contributed by atoms with E-state index in [1.54, 1.807) is 6.20 Å². The first-order valence-corrected chi connectivity index (χ1v) is 4.67. The van der Waals surface area contributed by atoms with Gasteiger partial charge in [0, 0.05) is 12.7 Å². The Morgan fingerprint density at radius 2 is 2.43 bits per heavy atom. The number of nitrogens with zero attached hydrogens (tertiary/aromatic N) is 2. The van der Waals surface area contributed by atoms with Crippen molar-refractivity contribution in [1.82, 2.24) is 9.78 Å². The fraction of sp³-hybridized carbons (Fsp3) is 0.455. The molecule has 0 aliphatic carbocycles. The van der Waals surface area contributed by atoms with Gasteiger partial charge in [-0.05, 0) is 5.92 Å². The molecule has 0 aliphatic rings. The lowest BCUT2D eigenvalue weighted by atomic mass is 10.2. The molecule has 74 valence electrons.